The summed E-state index contributed by atoms with van der Waals surface area (Å²) in [6.07, 6.45) is 0.171. The maximum absolute atomic E-state index is 12.7. The Morgan fingerprint density at radius 2 is 1.70 bits per heavy atom. The largest absolute Gasteiger partial charge is 0.322 e. The molecule has 1 fully saturated rings. The van der Waals surface area contributed by atoms with Crippen LogP contribution in [-0.4, -0.2) is 23.0 Å². The molecule has 6 heteroatoms. The molecule has 0 radical (unpaired) electrons. The number of carbonyl (C=O) groups is 3. The molecule has 0 bridgehead atoms. The third-order valence-corrected chi connectivity index (χ3v) is 5.99. The summed E-state index contributed by atoms with van der Waals surface area (Å²) in [5.74, 6) is -0.562. The second-order valence-corrected chi connectivity index (χ2v) is 8.34. The first-order chi connectivity index (χ1) is 14.5. The summed E-state index contributed by atoms with van der Waals surface area (Å²) in [7, 11) is 0. The molecule has 0 saturated carbocycles. The van der Waals surface area contributed by atoms with E-state index in [1.165, 1.54) is 16.7 Å². The standard InChI is InChI=1S/C24H20N2O3S/c1-16-6-5-7-17(14-16)23(28)25-18-10-12-20(13-11-18)30-21-15-22(27)26(24(21)29)19-8-3-2-4-9-19/h2-14,21H,15H2,1H3,(H,25,28). The predicted octanol–water partition coefficient (Wildman–Crippen LogP) is 4.67. The molecule has 3 amide bonds. The number of hydrogen-bond donors (Lipinski definition) is 1. The van der Waals surface area contributed by atoms with Crippen molar-refractivity contribution >= 4 is 40.9 Å². The number of hydrogen-bond acceptors (Lipinski definition) is 4. The average molecular weight is 417 g/mol. The lowest BCUT2D eigenvalue weighted by Gasteiger charge is -2.14. The third kappa shape index (κ3) is 4.28. The molecular formula is C24H20N2O3S. The number of rotatable bonds is 5. The number of benzene rings is 3. The van der Waals surface area contributed by atoms with Gasteiger partial charge in [0, 0.05) is 22.6 Å². The minimum atomic E-state index is -0.453. The van der Waals surface area contributed by atoms with E-state index in [2.05, 4.69) is 5.32 Å². The van der Waals surface area contributed by atoms with Crippen molar-refractivity contribution < 1.29 is 14.4 Å². The van der Waals surface area contributed by atoms with Gasteiger partial charge < -0.3 is 5.32 Å². The van der Waals surface area contributed by atoms with Crippen LogP contribution in [0.3, 0.4) is 0 Å². The van der Waals surface area contributed by atoms with Crippen LogP contribution < -0.4 is 10.2 Å². The van der Waals surface area contributed by atoms with E-state index < -0.39 is 5.25 Å². The summed E-state index contributed by atoms with van der Waals surface area (Å²) >= 11 is 1.36. The fourth-order valence-corrected chi connectivity index (χ4v) is 4.37. The molecule has 1 aliphatic rings. The lowest BCUT2D eigenvalue weighted by atomic mass is 10.1. The van der Waals surface area contributed by atoms with Gasteiger partial charge in [0.25, 0.3) is 5.91 Å². The van der Waals surface area contributed by atoms with Crippen LogP contribution in [0.5, 0.6) is 0 Å². The van der Waals surface area contributed by atoms with Crippen molar-refractivity contribution in [3.05, 3.63) is 90.0 Å². The Morgan fingerprint density at radius 1 is 0.967 bits per heavy atom. The fraction of sp³-hybridized carbons (Fsp3) is 0.125. The first-order valence-corrected chi connectivity index (χ1v) is 10.5. The van der Waals surface area contributed by atoms with Crippen molar-refractivity contribution in [3.8, 4) is 0 Å². The van der Waals surface area contributed by atoms with Gasteiger partial charge in [-0.3, -0.25) is 14.4 Å². The molecule has 1 atom stereocenters. The quantitative estimate of drug-likeness (QED) is 0.614. The van der Waals surface area contributed by atoms with Crippen LogP contribution in [0.25, 0.3) is 0 Å². The summed E-state index contributed by atoms with van der Waals surface area (Å²) in [6, 6.07) is 23.7. The van der Waals surface area contributed by atoms with Crippen molar-refractivity contribution in [2.45, 2.75) is 23.5 Å². The van der Waals surface area contributed by atoms with Gasteiger partial charge in [-0.15, -0.1) is 11.8 Å². The number of thioether (sulfide) groups is 1. The molecule has 5 nitrogen and oxygen atoms in total. The number of carbonyl (C=O) groups excluding carboxylic acids is 3. The third-order valence-electron chi connectivity index (χ3n) is 4.79. The van der Waals surface area contributed by atoms with Gasteiger partial charge in [0.2, 0.25) is 11.8 Å². The van der Waals surface area contributed by atoms with Crippen molar-refractivity contribution in [3.63, 3.8) is 0 Å². The number of nitrogens with one attached hydrogen (secondary N) is 1. The number of anilines is 2. The Morgan fingerprint density at radius 3 is 2.40 bits per heavy atom. The molecular weight excluding hydrogens is 396 g/mol. The maximum atomic E-state index is 12.7. The van der Waals surface area contributed by atoms with Crippen molar-refractivity contribution in [2.24, 2.45) is 0 Å². The van der Waals surface area contributed by atoms with Gasteiger partial charge in [-0.25, -0.2) is 4.90 Å². The van der Waals surface area contributed by atoms with Crippen molar-refractivity contribution in [1.82, 2.24) is 0 Å². The molecule has 1 heterocycles. The molecule has 1 unspecified atom stereocenters. The highest BCUT2D eigenvalue weighted by molar-refractivity contribution is 8.00. The fourth-order valence-electron chi connectivity index (χ4n) is 3.32. The lowest BCUT2D eigenvalue weighted by Crippen LogP contribution is -2.30. The summed E-state index contributed by atoms with van der Waals surface area (Å²) in [4.78, 5) is 39.6. The Bertz CT molecular complexity index is 1100. The van der Waals surface area contributed by atoms with Crippen LogP contribution in [0.1, 0.15) is 22.3 Å². The van der Waals surface area contributed by atoms with Gasteiger partial charge in [0.15, 0.2) is 0 Å². The molecule has 4 rings (SSSR count). The first-order valence-electron chi connectivity index (χ1n) is 9.58. The van der Waals surface area contributed by atoms with E-state index in [4.69, 9.17) is 0 Å². The second kappa shape index (κ2) is 8.55. The van der Waals surface area contributed by atoms with Gasteiger partial charge >= 0.3 is 0 Å². The Kier molecular flexibility index (Phi) is 5.68. The van der Waals surface area contributed by atoms with E-state index >= 15 is 0 Å². The Balaban J connectivity index is 1.41. The number of amides is 3. The van der Waals surface area contributed by atoms with Crippen LogP contribution in [0, 0.1) is 6.92 Å². The molecule has 0 aliphatic carbocycles. The topological polar surface area (TPSA) is 66.5 Å². The van der Waals surface area contributed by atoms with Crippen LogP contribution in [0.15, 0.2) is 83.8 Å². The van der Waals surface area contributed by atoms with E-state index in [0.717, 1.165) is 10.5 Å². The molecule has 1 N–H and O–H groups in total. The molecule has 150 valence electrons. The monoisotopic (exact) mass is 416 g/mol. The van der Waals surface area contributed by atoms with E-state index in [1.807, 2.05) is 43.3 Å². The number of aryl methyl sites for hydroxylation is 1. The highest BCUT2D eigenvalue weighted by atomic mass is 32.2. The molecule has 0 spiro atoms. The highest BCUT2D eigenvalue weighted by Crippen LogP contribution is 2.34. The first kappa shape index (κ1) is 19.9. The number of imide groups is 1. The summed E-state index contributed by atoms with van der Waals surface area (Å²) < 4.78 is 0. The van der Waals surface area contributed by atoms with Gasteiger partial charge in [0.05, 0.1) is 10.9 Å². The predicted molar refractivity (Wildman–Crippen MR) is 119 cm³/mol. The van der Waals surface area contributed by atoms with Crippen LogP contribution in [0.2, 0.25) is 0 Å². The zero-order valence-corrected chi connectivity index (χ0v) is 17.2. The normalized spacial score (nSPS) is 16.0. The van der Waals surface area contributed by atoms with Gasteiger partial charge in [-0.1, -0.05) is 35.9 Å². The maximum Gasteiger partial charge on any atom is 0.255 e. The SMILES string of the molecule is Cc1cccc(C(=O)Nc2ccc(SC3CC(=O)N(c4ccccc4)C3=O)cc2)c1. The smallest absolute Gasteiger partial charge is 0.255 e. The lowest BCUT2D eigenvalue weighted by molar-refractivity contribution is -0.121. The zero-order chi connectivity index (χ0) is 21.1. The van der Waals surface area contributed by atoms with Crippen molar-refractivity contribution in [1.29, 1.82) is 0 Å². The number of nitrogens with zero attached hydrogens (tertiary/aromatic N) is 1. The van der Waals surface area contributed by atoms with Gasteiger partial charge in [-0.05, 0) is 55.5 Å². The van der Waals surface area contributed by atoms with Crippen LogP contribution >= 0.6 is 11.8 Å². The Hall–Kier alpha value is -3.38. The van der Waals surface area contributed by atoms with Gasteiger partial charge in [0.1, 0.15) is 0 Å². The molecule has 3 aromatic rings. The number of para-hydroxylation sites is 1. The Labute approximate surface area is 179 Å². The van der Waals surface area contributed by atoms with E-state index in [9.17, 15) is 14.4 Å². The molecule has 3 aromatic carbocycles. The molecule has 1 aliphatic heterocycles. The van der Waals surface area contributed by atoms with E-state index in [1.54, 1.807) is 42.5 Å². The van der Waals surface area contributed by atoms with Crippen LogP contribution in [-0.2, 0) is 9.59 Å². The molecule has 0 aromatic heterocycles. The van der Waals surface area contributed by atoms with Gasteiger partial charge in [-0.2, -0.15) is 0 Å². The molecule has 30 heavy (non-hydrogen) atoms. The summed E-state index contributed by atoms with van der Waals surface area (Å²) in [5.41, 5.74) is 2.90. The van der Waals surface area contributed by atoms with E-state index in [0.29, 0.717) is 16.9 Å². The summed E-state index contributed by atoms with van der Waals surface area (Å²) in [6.45, 7) is 1.94. The minimum Gasteiger partial charge on any atom is -0.322 e. The zero-order valence-electron chi connectivity index (χ0n) is 16.4. The summed E-state index contributed by atoms with van der Waals surface area (Å²) in [5, 5.41) is 2.42. The highest BCUT2D eigenvalue weighted by Gasteiger charge is 2.40. The van der Waals surface area contributed by atoms with Crippen molar-refractivity contribution in [2.75, 3.05) is 10.2 Å². The van der Waals surface area contributed by atoms with Crippen LogP contribution in [0.4, 0.5) is 11.4 Å². The molecule has 1 saturated heterocycles. The van der Waals surface area contributed by atoms with E-state index in [-0.39, 0.29) is 24.1 Å². The minimum absolute atomic E-state index is 0.171. The second-order valence-electron chi connectivity index (χ2n) is 7.06. The average Bonchev–Trinajstić information content (AvgIpc) is 3.03.